The van der Waals surface area contributed by atoms with E-state index in [1.165, 1.54) is 12.1 Å². The van der Waals surface area contributed by atoms with Crippen LogP contribution in [0.25, 0.3) is 0 Å². The second-order valence-corrected chi connectivity index (χ2v) is 7.14. The van der Waals surface area contributed by atoms with Gasteiger partial charge in [0.1, 0.15) is 23.6 Å². The molecule has 0 aromatic heterocycles. The molecular weight excluding hydrogens is 414 g/mol. The van der Waals surface area contributed by atoms with E-state index < -0.39 is 34.9 Å². The average Bonchev–Trinajstić information content (AvgIpc) is 3.00. The summed E-state index contributed by atoms with van der Waals surface area (Å²) in [5.41, 5.74) is 0.648. The first-order valence-corrected chi connectivity index (χ1v) is 9.61. The summed E-state index contributed by atoms with van der Waals surface area (Å²) in [4.78, 5) is 48.6. The van der Waals surface area contributed by atoms with Crippen molar-refractivity contribution in [1.82, 2.24) is 4.90 Å². The highest BCUT2D eigenvalue weighted by atomic mass is 16.6. The third-order valence-electron chi connectivity index (χ3n) is 4.84. The molecule has 0 spiro atoms. The molecule has 4 rings (SSSR count). The number of aryl methyl sites for hydroxylation is 1. The summed E-state index contributed by atoms with van der Waals surface area (Å²) in [5.74, 6) is -0.975. The highest BCUT2D eigenvalue weighted by Gasteiger charge is 2.41. The van der Waals surface area contributed by atoms with Gasteiger partial charge in [0.2, 0.25) is 5.91 Å². The Bertz CT molecular complexity index is 1250. The fourth-order valence-corrected chi connectivity index (χ4v) is 3.38. The molecule has 0 bridgehead atoms. The standard InChI is InChI=1S/C23H17N3O6/c1-14-4-2-5-17(12-14)32-16-10-8-15(9-11-16)24-20(27)13-25-22(28)18-6-3-7-19(26(30)31)21(18)23(25)29/h2-12H,13H2,1H3,(H,24,27). The summed E-state index contributed by atoms with van der Waals surface area (Å²) in [6.45, 7) is 1.39. The normalized spacial score (nSPS) is 12.5. The Morgan fingerprint density at radius 2 is 1.72 bits per heavy atom. The Morgan fingerprint density at radius 1 is 1.00 bits per heavy atom. The quantitative estimate of drug-likeness (QED) is 0.359. The Kier molecular flexibility index (Phi) is 5.38. The Morgan fingerprint density at radius 3 is 2.41 bits per heavy atom. The summed E-state index contributed by atoms with van der Waals surface area (Å²) in [5, 5.41) is 13.8. The van der Waals surface area contributed by atoms with E-state index in [2.05, 4.69) is 5.32 Å². The number of nitro groups is 1. The molecule has 32 heavy (non-hydrogen) atoms. The van der Waals surface area contributed by atoms with Gasteiger partial charge in [-0.3, -0.25) is 29.4 Å². The number of nitro benzene ring substituents is 1. The Labute approximate surface area is 182 Å². The van der Waals surface area contributed by atoms with Gasteiger partial charge in [-0.1, -0.05) is 18.2 Å². The lowest BCUT2D eigenvalue weighted by Gasteiger charge is -2.14. The van der Waals surface area contributed by atoms with Crippen LogP contribution in [-0.4, -0.2) is 34.1 Å². The van der Waals surface area contributed by atoms with Crippen molar-refractivity contribution in [3.63, 3.8) is 0 Å². The van der Waals surface area contributed by atoms with Crippen LogP contribution in [0, 0.1) is 17.0 Å². The highest BCUT2D eigenvalue weighted by molar-refractivity contribution is 6.24. The number of nitrogens with one attached hydrogen (secondary N) is 1. The van der Waals surface area contributed by atoms with Crippen molar-refractivity contribution in [2.75, 3.05) is 11.9 Å². The third kappa shape index (κ3) is 4.04. The molecule has 3 aromatic carbocycles. The topological polar surface area (TPSA) is 119 Å². The van der Waals surface area contributed by atoms with E-state index in [1.54, 1.807) is 24.3 Å². The van der Waals surface area contributed by atoms with Gasteiger partial charge in [0.05, 0.1) is 10.5 Å². The maximum atomic E-state index is 12.6. The second-order valence-electron chi connectivity index (χ2n) is 7.14. The summed E-state index contributed by atoms with van der Waals surface area (Å²) >= 11 is 0. The van der Waals surface area contributed by atoms with Crippen molar-refractivity contribution in [2.24, 2.45) is 0 Å². The van der Waals surface area contributed by atoms with E-state index in [9.17, 15) is 24.5 Å². The number of benzene rings is 3. The summed E-state index contributed by atoms with van der Waals surface area (Å²) in [6.07, 6.45) is 0. The van der Waals surface area contributed by atoms with Crippen molar-refractivity contribution in [3.05, 3.63) is 93.5 Å². The molecule has 0 fully saturated rings. The molecule has 0 aliphatic carbocycles. The molecule has 1 N–H and O–H groups in total. The number of ether oxygens (including phenoxy) is 1. The number of carbonyl (C=O) groups is 3. The van der Waals surface area contributed by atoms with E-state index in [-0.39, 0.29) is 11.1 Å². The number of rotatable bonds is 6. The molecule has 0 unspecified atom stereocenters. The number of hydrogen-bond acceptors (Lipinski definition) is 6. The third-order valence-corrected chi connectivity index (χ3v) is 4.84. The van der Waals surface area contributed by atoms with Crippen LogP contribution in [-0.2, 0) is 4.79 Å². The van der Waals surface area contributed by atoms with Gasteiger partial charge in [-0.15, -0.1) is 0 Å². The maximum absolute atomic E-state index is 12.6. The van der Waals surface area contributed by atoms with Crippen LogP contribution in [0.4, 0.5) is 11.4 Å². The van der Waals surface area contributed by atoms with E-state index in [1.807, 2.05) is 31.2 Å². The smallest absolute Gasteiger partial charge is 0.282 e. The van der Waals surface area contributed by atoms with Gasteiger partial charge >= 0.3 is 0 Å². The molecule has 0 radical (unpaired) electrons. The van der Waals surface area contributed by atoms with Crippen molar-refractivity contribution in [1.29, 1.82) is 0 Å². The summed E-state index contributed by atoms with van der Waals surface area (Å²) in [7, 11) is 0. The number of amides is 3. The SMILES string of the molecule is Cc1cccc(Oc2ccc(NC(=O)CN3C(=O)c4cccc([N+](=O)[O-])c4C3=O)cc2)c1. The van der Waals surface area contributed by atoms with Crippen molar-refractivity contribution in [2.45, 2.75) is 6.92 Å². The Hall–Kier alpha value is -4.53. The van der Waals surface area contributed by atoms with Crippen molar-refractivity contribution in [3.8, 4) is 11.5 Å². The molecule has 1 aliphatic rings. The minimum atomic E-state index is -0.866. The number of anilines is 1. The number of fused-ring (bicyclic) bond motifs is 1. The van der Waals surface area contributed by atoms with Crippen LogP contribution in [0.2, 0.25) is 0 Å². The van der Waals surface area contributed by atoms with Crippen molar-refractivity contribution < 1.29 is 24.0 Å². The molecule has 0 saturated carbocycles. The zero-order chi connectivity index (χ0) is 22.8. The van der Waals surface area contributed by atoms with Gasteiger partial charge in [0.25, 0.3) is 17.5 Å². The number of nitrogens with zero attached hydrogens (tertiary/aromatic N) is 2. The van der Waals surface area contributed by atoms with E-state index in [0.717, 1.165) is 11.6 Å². The van der Waals surface area contributed by atoms with E-state index >= 15 is 0 Å². The minimum absolute atomic E-state index is 0.0883. The first kappa shape index (κ1) is 20.7. The van der Waals surface area contributed by atoms with Gasteiger partial charge < -0.3 is 10.1 Å². The van der Waals surface area contributed by atoms with E-state index in [0.29, 0.717) is 22.1 Å². The molecule has 9 nitrogen and oxygen atoms in total. The molecule has 9 heteroatoms. The van der Waals surface area contributed by atoms with Crippen molar-refractivity contribution >= 4 is 29.1 Å². The van der Waals surface area contributed by atoms with Gasteiger partial charge in [-0.05, 0) is 55.0 Å². The fraction of sp³-hybridized carbons (Fsp3) is 0.0870. The maximum Gasteiger partial charge on any atom is 0.282 e. The Balaban J connectivity index is 1.42. The van der Waals surface area contributed by atoms with Gasteiger partial charge in [0, 0.05) is 11.8 Å². The molecule has 1 heterocycles. The largest absolute Gasteiger partial charge is 0.457 e. The molecule has 0 atom stereocenters. The second kappa shape index (κ2) is 8.31. The van der Waals surface area contributed by atoms with Gasteiger partial charge in [0.15, 0.2) is 0 Å². The van der Waals surface area contributed by atoms with Crippen LogP contribution >= 0.6 is 0 Å². The van der Waals surface area contributed by atoms with Crippen LogP contribution < -0.4 is 10.1 Å². The molecule has 1 aliphatic heterocycles. The summed E-state index contributed by atoms with van der Waals surface area (Å²) < 4.78 is 5.76. The zero-order valence-corrected chi connectivity index (χ0v) is 16.9. The zero-order valence-electron chi connectivity index (χ0n) is 16.9. The number of carbonyl (C=O) groups excluding carboxylic acids is 3. The monoisotopic (exact) mass is 431 g/mol. The van der Waals surface area contributed by atoms with Crippen LogP contribution in [0.3, 0.4) is 0 Å². The van der Waals surface area contributed by atoms with Crippen LogP contribution in [0.1, 0.15) is 26.3 Å². The van der Waals surface area contributed by atoms with Crippen LogP contribution in [0.15, 0.2) is 66.7 Å². The fourth-order valence-electron chi connectivity index (χ4n) is 3.38. The lowest BCUT2D eigenvalue weighted by atomic mass is 10.1. The highest BCUT2D eigenvalue weighted by Crippen LogP contribution is 2.30. The molecular formula is C23H17N3O6. The number of imide groups is 1. The summed E-state index contributed by atoms with van der Waals surface area (Å²) in [6, 6.07) is 17.9. The predicted molar refractivity (Wildman–Crippen MR) is 115 cm³/mol. The molecule has 3 aromatic rings. The molecule has 0 saturated heterocycles. The lowest BCUT2D eigenvalue weighted by Crippen LogP contribution is -2.37. The predicted octanol–water partition coefficient (Wildman–Crippen LogP) is 3.93. The lowest BCUT2D eigenvalue weighted by molar-refractivity contribution is -0.385. The molecule has 160 valence electrons. The number of hydrogen-bond donors (Lipinski definition) is 1. The van der Waals surface area contributed by atoms with E-state index in [4.69, 9.17) is 4.74 Å². The minimum Gasteiger partial charge on any atom is -0.457 e. The average molecular weight is 431 g/mol. The van der Waals surface area contributed by atoms with Gasteiger partial charge in [-0.25, -0.2) is 0 Å². The first-order valence-electron chi connectivity index (χ1n) is 9.61. The van der Waals surface area contributed by atoms with Crippen LogP contribution in [0.5, 0.6) is 11.5 Å². The van der Waals surface area contributed by atoms with Gasteiger partial charge in [-0.2, -0.15) is 0 Å². The molecule has 3 amide bonds. The first-order chi connectivity index (χ1) is 15.3.